The van der Waals surface area contributed by atoms with Crippen LogP contribution in [0.5, 0.6) is 0 Å². The molecule has 0 atom stereocenters. The smallest absolute Gasteiger partial charge is 0.242 e. The van der Waals surface area contributed by atoms with E-state index in [0.29, 0.717) is 11.8 Å². The first-order valence-corrected chi connectivity index (χ1v) is 6.39. The number of carbonyl (C=O) groups is 1. The quantitative estimate of drug-likeness (QED) is 0.755. The third kappa shape index (κ3) is 3.78. The highest BCUT2D eigenvalue weighted by molar-refractivity contribution is 5.80. The number of nitrogens with zero attached hydrogens (tertiary/aromatic N) is 4. The van der Waals surface area contributed by atoms with E-state index in [9.17, 15) is 4.79 Å². The van der Waals surface area contributed by atoms with Crippen molar-refractivity contribution in [1.29, 1.82) is 0 Å². The standard InChI is InChI=1S/C12H20N6O/c1-17(2)12-14-4-3-10(16-12)15-9-11(19)18-7-5-13-6-8-18/h3-4,13H,5-9H2,1-2H3,(H,14,15,16). The maximum Gasteiger partial charge on any atom is 0.242 e. The van der Waals surface area contributed by atoms with Crippen LogP contribution in [0.3, 0.4) is 0 Å². The van der Waals surface area contributed by atoms with Gasteiger partial charge in [-0.1, -0.05) is 0 Å². The Balaban J connectivity index is 1.87. The number of aromatic nitrogens is 2. The molecule has 0 aromatic carbocycles. The molecule has 7 heteroatoms. The molecule has 7 nitrogen and oxygen atoms in total. The van der Waals surface area contributed by atoms with Crippen LogP contribution in [0.1, 0.15) is 0 Å². The van der Waals surface area contributed by atoms with Gasteiger partial charge in [0.05, 0.1) is 6.54 Å². The Morgan fingerprint density at radius 2 is 2.21 bits per heavy atom. The molecule has 104 valence electrons. The summed E-state index contributed by atoms with van der Waals surface area (Å²) in [5, 5.41) is 6.27. The van der Waals surface area contributed by atoms with E-state index in [1.54, 1.807) is 12.3 Å². The second kappa shape index (κ2) is 6.33. The van der Waals surface area contributed by atoms with E-state index in [0.717, 1.165) is 26.2 Å². The van der Waals surface area contributed by atoms with Gasteiger partial charge in [-0.2, -0.15) is 4.98 Å². The van der Waals surface area contributed by atoms with Crippen LogP contribution in [0.4, 0.5) is 11.8 Å². The van der Waals surface area contributed by atoms with Gasteiger partial charge in [-0.15, -0.1) is 0 Å². The molecule has 1 saturated heterocycles. The van der Waals surface area contributed by atoms with Gasteiger partial charge >= 0.3 is 0 Å². The van der Waals surface area contributed by atoms with Crippen molar-refractivity contribution in [2.24, 2.45) is 0 Å². The Morgan fingerprint density at radius 1 is 1.47 bits per heavy atom. The number of anilines is 2. The SMILES string of the molecule is CN(C)c1nccc(NCC(=O)N2CCNCC2)n1. The summed E-state index contributed by atoms with van der Waals surface area (Å²) in [6, 6.07) is 1.76. The Bertz CT molecular complexity index is 430. The van der Waals surface area contributed by atoms with E-state index in [1.165, 1.54) is 0 Å². The highest BCUT2D eigenvalue weighted by Crippen LogP contribution is 2.07. The molecule has 0 radical (unpaired) electrons. The molecule has 0 unspecified atom stereocenters. The van der Waals surface area contributed by atoms with Crippen molar-refractivity contribution in [2.45, 2.75) is 0 Å². The molecule has 0 aliphatic carbocycles. The summed E-state index contributed by atoms with van der Waals surface area (Å²) in [6.45, 7) is 3.54. The minimum Gasteiger partial charge on any atom is -0.361 e. The fourth-order valence-electron chi connectivity index (χ4n) is 1.85. The Labute approximate surface area is 113 Å². The lowest BCUT2D eigenvalue weighted by Crippen LogP contribution is -2.48. The molecule has 1 aromatic heterocycles. The predicted molar refractivity (Wildman–Crippen MR) is 74.3 cm³/mol. The topological polar surface area (TPSA) is 73.4 Å². The summed E-state index contributed by atoms with van der Waals surface area (Å²) < 4.78 is 0. The van der Waals surface area contributed by atoms with Gasteiger partial charge in [-0.3, -0.25) is 4.79 Å². The van der Waals surface area contributed by atoms with Crippen LogP contribution in [0.15, 0.2) is 12.3 Å². The normalized spacial score (nSPS) is 15.2. The van der Waals surface area contributed by atoms with Crippen LogP contribution in [-0.2, 0) is 4.79 Å². The van der Waals surface area contributed by atoms with Crippen LogP contribution >= 0.6 is 0 Å². The van der Waals surface area contributed by atoms with Gasteiger partial charge in [-0.25, -0.2) is 4.98 Å². The molecule has 1 fully saturated rings. The zero-order valence-corrected chi connectivity index (χ0v) is 11.4. The molecule has 0 bridgehead atoms. The van der Waals surface area contributed by atoms with Gasteiger partial charge in [0, 0.05) is 46.5 Å². The molecular weight excluding hydrogens is 244 g/mol. The van der Waals surface area contributed by atoms with Gasteiger partial charge in [0.25, 0.3) is 0 Å². The predicted octanol–water partition coefficient (Wildman–Crippen LogP) is -0.614. The first kappa shape index (κ1) is 13.5. The first-order chi connectivity index (χ1) is 9.16. The van der Waals surface area contributed by atoms with E-state index in [4.69, 9.17) is 0 Å². The van der Waals surface area contributed by atoms with Crippen molar-refractivity contribution in [3.05, 3.63) is 12.3 Å². The van der Waals surface area contributed by atoms with E-state index in [-0.39, 0.29) is 12.5 Å². The molecular formula is C12H20N6O. The Kier molecular flexibility index (Phi) is 4.51. The van der Waals surface area contributed by atoms with Crippen molar-refractivity contribution < 1.29 is 4.79 Å². The summed E-state index contributed by atoms with van der Waals surface area (Å²) in [7, 11) is 3.76. The zero-order chi connectivity index (χ0) is 13.7. The average Bonchev–Trinajstić information content (AvgIpc) is 2.46. The molecule has 1 aliphatic heterocycles. The lowest BCUT2D eigenvalue weighted by Gasteiger charge is -2.27. The van der Waals surface area contributed by atoms with Crippen LogP contribution in [0.25, 0.3) is 0 Å². The van der Waals surface area contributed by atoms with Gasteiger partial charge in [0.2, 0.25) is 11.9 Å². The number of hydrogen-bond acceptors (Lipinski definition) is 6. The summed E-state index contributed by atoms with van der Waals surface area (Å²) in [5.41, 5.74) is 0. The zero-order valence-electron chi connectivity index (χ0n) is 11.4. The molecule has 2 heterocycles. The van der Waals surface area contributed by atoms with Crippen molar-refractivity contribution in [1.82, 2.24) is 20.2 Å². The second-order valence-corrected chi connectivity index (χ2v) is 4.62. The highest BCUT2D eigenvalue weighted by Gasteiger charge is 2.15. The largest absolute Gasteiger partial charge is 0.361 e. The molecule has 2 rings (SSSR count). The third-order valence-electron chi connectivity index (χ3n) is 2.93. The van der Waals surface area contributed by atoms with Gasteiger partial charge < -0.3 is 20.4 Å². The number of hydrogen-bond donors (Lipinski definition) is 2. The lowest BCUT2D eigenvalue weighted by atomic mass is 10.3. The fraction of sp³-hybridized carbons (Fsp3) is 0.583. The third-order valence-corrected chi connectivity index (χ3v) is 2.93. The van der Waals surface area contributed by atoms with E-state index in [1.807, 2.05) is 23.9 Å². The van der Waals surface area contributed by atoms with E-state index < -0.39 is 0 Å². The van der Waals surface area contributed by atoms with Gasteiger partial charge in [-0.05, 0) is 6.07 Å². The van der Waals surface area contributed by atoms with Crippen molar-refractivity contribution in [2.75, 3.05) is 57.0 Å². The maximum atomic E-state index is 12.0. The molecule has 0 spiro atoms. The molecule has 1 aromatic rings. The molecule has 1 amide bonds. The fourth-order valence-corrected chi connectivity index (χ4v) is 1.85. The van der Waals surface area contributed by atoms with E-state index >= 15 is 0 Å². The van der Waals surface area contributed by atoms with Crippen molar-refractivity contribution in [3.63, 3.8) is 0 Å². The van der Waals surface area contributed by atoms with Crippen molar-refractivity contribution in [3.8, 4) is 0 Å². The van der Waals surface area contributed by atoms with Crippen LogP contribution in [-0.4, -0.2) is 67.6 Å². The van der Waals surface area contributed by atoms with Gasteiger partial charge in [0.15, 0.2) is 0 Å². The number of carbonyl (C=O) groups excluding carboxylic acids is 1. The van der Waals surface area contributed by atoms with E-state index in [2.05, 4.69) is 20.6 Å². The highest BCUT2D eigenvalue weighted by atomic mass is 16.2. The number of piperazine rings is 1. The summed E-state index contributed by atoms with van der Waals surface area (Å²) >= 11 is 0. The maximum absolute atomic E-state index is 12.0. The second-order valence-electron chi connectivity index (χ2n) is 4.62. The summed E-state index contributed by atoms with van der Waals surface area (Å²) in [4.78, 5) is 24.1. The van der Waals surface area contributed by atoms with Crippen LogP contribution in [0.2, 0.25) is 0 Å². The molecule has 2 N–H and O–H groups in total. The number of nitrogens with one attached hydrogen (secondary N) is 2. The average molecular weight is 264 g/mol. The summed E-state index contributed by atoms with van der Waals surface area (Å²) in [6.07, 6.45) is 1.68. The Morgan fingerprint density at radius 3 is 2.89 bits per heavy atom. The first-order valence-electron chi connectivity index (χ1n) is 6.39. The monoisotopic (exact) mass is 264 g/mol. The summed E-state index contributed by atoms with van der Waals surface area (Å²) in [5.74, 6) is 1.40. The van der Waals surface area contributed by atoms with Gasteiger partial charge in [0.1, 0.15) is 5.82 Å². The molecule has 1 aliphatic rings. The van der Waals surface area contributed by atoms with Crippen molar-refractivity contribution >= 4 is 17.7 Å². The number of rotatable bonds is 4. The van der Waals surface area contributed by atoms with Crippen LogP contribution < -0.4 is 15.5 Å². The molecule has 0 saturated carbocycles. The van der Waals surface area contributed by atoms with Crippen LogP contribution in [0, 0.1) is 0 Å². The number of amides is 1. The minimum absolute atomic E-state index is 0.103. The Hall–Kier alpha value is -1.89. The lowest BCUT2D eigenvalue weighted by molar-refractivity contribution is -0.129. The minimum atomic E-state index is 0.103. The molecule has 19 heavy (non-hydrogen) atoms.